The Morgan fingerprint density at radius 2 is 1.92 bits per heavy atom. The zero-order valence-corrected chi connectivity index (χ0v) is 14.2. The Labute approximate surface area is 147 Å². The van der Waals surface area contributed by atoms with Gasteiger partial charge in [-0.3, -0.25) is 0 Å². The van der Waals surface area contributed by atoms with Gasteiger partial charge in [-0.05, 0) is 42.2 Å². The minimum absolute atomic E-state index is 0.0684. The van der Waals surface area contributed by atoms with Crippen LogP contribution in [0.3, 0.4) is 0 Å². The fraction of sp³-hybridized carbons (Fsp3) is 0.316. The van der Waals surface area contributed by atoms with Crippen molar-refractivity contribution in [3.8, 4) is 0 Å². The van der Waals surface area contributed by atoms with Crippen LogP contribution in [-0.2, 0) is 12.8 Å². The maximum absolute atomic E-state index is 12.2. The maximum Gasteiger partial charge on any atom is 0.321 e. The molecule has 3 rings (SSSR count). The highest BCUT2D eigenvalue weighted by Gasteiger charge is 2.16. The Morgan fingerprint density at radius 3 is 2.68 bits per heavy atom. The number of rotatable bonds is 4. The molecule has 0 saturated heterocycles. The number of aryl methyl sites for hydroxylation is 2. The average Bonchev–Trinajstić information content (AvgIpc) is 2.80. The molecule has 6 nitrogen and oxygen atoms in total. The summed E-state index contributed by atoms with van der Waals surface area (Å²) in [6, 6.07) is 13.7. The van der Waals surface area contributed by atoms with E-state index >= 15 is 0 Å². The molecule has 132 valence electrons. The molecule has 6 heteroatoms. The summed E-state index contributed by atoms with van der Waals surface area (Å²) in [6.07, 6.45) is 0.973. The predicted molar refractivity (Wildman–Crippen MR) is 98.3 cm³/mol. The highest BCUT2D eigenvalue weighted by Crippen LogP contribution is 2.31. The smallest absolute Gasteiger partial charge is 0.321 e. The van der Waals surface area contributed by atoms with Crippen molar-refractivity contribution in [3.63, 3.8) is 0 Å². The number of carbonyl (C=O) groups is 1. The van der Waals surface area contributed by atoms with Crippen molar-refractivity contribution in [2.45, 2.75) is 18.9 Å². The van der Waals surface area contributed by atoms with E-state index in [1.807, 2.05) is 30.3 Å². The molecule has 0 aromatic heterocycles. The molecule has 0 aliphatic carbocycles. The second-order valence-corrected chi connectivity index (χ2v) is 6.30. The van der Waals surface area contributed by atoms with Gasteiger partial charge in [0.1, 0.15) is 0 Å². The quantitative estimate of drug-likeness (QED) is 0.688. The van der Waals surface area contributed by atoms with E-state index in [4.69, 9.17) is 5.11 Å². The van der Waals surface area contributed by atoms with E-state index in [-0.39, 0.29) is 19.2 Å². The summed E-state index contributed by atoms with van der Waals surface area (Å²) >= 11 is 0. The number of amides is 2. The number of nitrogens with zero attached hydrogens (tertiary/aromatic N) is 1. The maximum atomic E-state index is 12.2. The minimum Gasteiger partial charge on any atom is -0.394 e. The number of aliphatic hydroxyl groups is 2. The van der Waals surface area contributed by atoms with E-state index in [2.05, 4.69) is 22.8 Å². The summed E-state index contributed by atoms with van der Waals surface area (Å²) in [7, 11) is 1.58. The Bertz CT molecular complexity index is 763. The van der Waals surface area contributed by atoms with Gasteiger partial charge in [0, 0.05) is 24.1 Å². The van der Waals surface area contributed by atoms with E-state index in [1.54, 1.807) is 7.05 Å². The average molecular weight is 341 g/mol. The van der Waals surface area contributed by atoms with Crippen LogP contribution in [0.15, 0.2) is 42.5 Å². The van der Waals surface area contributed by atoms with E-state index in [0.29, 0.717) is 5.69 Å². The third kappa shape index (κ3) is 4.10. The van der Waals surface area contributed by atoms with E-state index in [9.17, 15) is 9.90 Å². The van der Waals surface area contributed by atoms with E-state index in [0.717, 1.165) is 24.2 Å². The molecule has 2 amide bonds. The van der Waals surface area contributed by atoms with Crippen molar-refractivity contribution >= 4 is 23.1 Å². The topological polar surface area (TPSA) is 84.8 Å². The number of hydrogen-bond donors (Lipinski definition) is 4. The largest absolute Gasteiger partial charge is 0.394 e. The standard InChI is InChI=1S/C19H23N3O3/c1-22(11-16(24)12-23)19(25)20-15-9-8-14-7-6-13-4-2-3-5-17(13)21-18(14)10-15/h2-5,8-10,16,21,23-24H,6-7,11-12H2,1H3,(H,20,25). The number of hydrogen-bond acceptors (Lipinski definition) is 4. The lowest BCUT2D eigenvalue weighted by Crippen LogP contribution is -2.38. The lowest BCUT2D eigenvalue weighted by atomic mass is 10.0. The molecule has 1 atom stereocenters. The molecule has 4 N–H and O–H groups in total. The van der Waals surface area contributed by atoms with Gasteiger partial charge in [0.05, 0.1) is 19.3 Å². The van der Waals surface area contributed by atoms with Gasteiger partial charge < -0.3 is 25.7 Å². The molecule has 2 aromatic carbocycles. The second kappa shape index (κ2) is 7.55. The molecule has 0 bridgehead atoms. The van der Waals surface area contributed by atoms with Crippen LogP contribution in [0.2, 0.25) is 0 Å². The zero-order valence-electron chi connectivity index (χ0n) is 14.2. The Balaban J connectivity index is 1.74. The first-order chi connectivity index (χ1) is 12.1. The first kappa shape index (κ1) is 17.3. The number of aliphatic hydroxyl groups excluding tert-OH is 2. The monoisotopic (exact) mass is 341 g/mol. The summed E-state index contributed by atoms with van der Waals surface area (Å²) in [4.78, 5) is 13.5. The second-order valence-electron chi connectivity index (χ2n) is 6.30. The van der Waals surface area contributed by atoms with Gasteiger partial charge in [0.25, 0.3) is 0 Å². The van der Waals surface area contributed by atoms with Crippen molar-refractivity contribution < 1.29 is 15.0 Å². The van der Waals surface area contributed by atoms with Crippen LogP contribution in [0.25, 0.3) is 0 Å². The third-order valence-electron chi connectivity index (χ3n) is 4.35. The fourth-order valence-electron chi connectivity index (χ4n) is 2.94. The van der Waals surface area contributed by atoms with Crippen LogP contribution in [0.5, 0.6) is 0 Å². The fourth-order valence-corrected chi connectivity index (χ4v) is 2.94. The highest BCUT2D eigenvalue weighted by atomic mass is 16.3. The number of anilines is 3. The molecule has 0 radical (unpaired) electrons. The van der Waals surface area contributed by atoms with Gasteiger partial charge >= 0.3 is 6.03 Å². The number of benzene rings is 2. The van der Waals surface area contributed by atoms with Gasteiger partial charge in [-0.15, -0.1) is 0 Å². The van der Waals surface area contributed by atoms with Gasteiger partial charge in [-0.1, -0.05) is 24.3 Å². The van der Waals surface area contributed by atoms with Crippen LogP contribution in [-0.4, -0.2) is 47.4 Å². The molecule has 1 heterocycles. The number of carbonyl (C=O) groups excluding carboxylic acids is 1. The summed E-state index contributed by atoms with van der Waals surface area (Å²) < 4.78 is 0. The van der Waals surface area contributed by atoms with Gasteiger partial charge in [0.15, 0.2) is 0 Å². The Kier molecular flexibility index (Phi) is 5.21. The first-order valence-corrected chi connectivity index (χ1v) is 8.35. The predicted octanol–water partition coefficient (Wildman–Crippen LogP) is 2.35. The third-order valence-corrected chi connectivity index (χ3v) is 4.35. The number of para-hydroxylation sites is 1. The lowest BCUT2D eigenvalue weighted by Gasteiger charge is -2.20. The molecular weight excluding hydrogens is 318 g/mol. The Morgan fingerprint density at radius 1 is 1.20 bits per heavy atom. The van der Waals surface area contributed by atoms with Crippen LogP contribution in [0.1, 0.15) is 11.1 Å². The highest BCUT2D eigenvalue weighted by molar-refractivity contribution is 5.90. The molecule has 1 unspecified atom stereocenters. The lowest BCUT2D eigenvalue weighted by molar-refractivity contribution is 0.0750. The van der Waals surface area contributed by atoms with Crippen molar-refractivity contribution in [1.82, 2.24) is 4.90 Å². The zero-order chi connectivity index (χ0) is 17.8. The number of nitrogens with one attached hydrogen (secondary N) is 2. The molecule has 0 fully saturated rings. The number of fused-ring (bicyclic) bond motifs is 2. The van der Waals surface area contributed by atoms with E-state index < -0.39 is 6.10 Å². The summed E-state index contributed by atoms with van der Waals surface area (Å²) in [6.45, 7) is -0.307. The van der Waals surface area contributed by atoms with Gasteiger partial charge in [-0.25, -0.2) is 4.79 Å². The first-order valence-electron chi connectivity index (χ1n) is 8.35. The normalized spacial score (nSPS) is 13.7. The Hall–Kier alpha value is -2.57. The van der Waals surface area contributed by atoms with Crippen molar-refractivity contribution in [1.29, 1.82) is 0 Å². The van der Waals surface area contributed by atoms with Crippen molar-refractivity contribution in [2.24, 2.45) is 0 Å². The van der Waals surface area contributed by atoms with Crippen LogP contribution in [0.4, 0.5) is 21.9 Å². The molecule has 1 aliphatic heterocycles. The molecule has 1 aliphatic rings. The van der Waals surface area contributed by atoms with Crippen LogP contribution < -0.4 is 10.6 Å². The van der Waals surface area contributed by atoms with Crippen molar-refractivity contribution in [3.05, 3.63) is 53.6 Å². The van der Waals surface area contributed by atoms with E-state index in [1.165, 1.54) is 16.0 Å². The molecule has 25 heavy (non-hydrogen) atoms. The summed E-state index contributed by atoms with van der Waals surface area (Å²) in [5.74, 6) is 0. The molecular formula is C19H23N3O3. The number of likely N-dealkylation sites (N-methyl/N-ethyl adjacent to an activating group) is 1. The molecule has 0 saturated carbocycles. The summed E-state index contributed by atoms with van der Waals surface area (Å²) in [5.41, 5.74) is 5.25. The van der Waals surface area contributed by atoms with Crippen LogP contribution >= 0.6 is 0 Å². The van der Waals surface area contributed by atoms with Gasteiger partial charge in [0.2, 0.25) is 0 Å². The molecule has 0 spiro atoms. The minimum atomic E-state index is -0.944. The summed E-state index contributed by atoms with van der Waals surface area (Å²) in [5, 5.41) is 24.6. The SMILES string of the molecule is CN(CC(O)CO)C(=O)Nc1ccc2c(c1)Nc1ccccc1CC2. The van der Waals surface area contributed by atoms with Crippen LogP contribution in [0, 0.1) is 0 Å². The van der Waals surface area contributed by atoms with Crippen molar-refractivity contribution in [2.75, 3.05) is 30.8 Å². The van der Waals surface area contributed by atoms with Gasteiger partial charge in [-0.2, -0.15) is 0 Å². The number of urea groups is 1. The molecule has 2 aromatic rings.